The van der Waals surface area contributed by atoms with Crippen LogP contribution in [0.25, 0.3) is 0 Å². The van der Waals surface area contributed by atoms with E-state index in [-0.39, 0.29) is 11.9 Å². The second kappa shape index (κ2) is 6.16. The maximum absolute atomic E-state index is 12.0. The average molecular weight is 391 g/mol. The summed E-state index contributed by atoms with van der Waals surface area (Å²) in [6.45, 7) is 4.15. The number of thiophene rings is 2. The van der Waals surface area contributed by atoms with Gasteiger partial charge in [-0.2, -0.15) is 0 Å². The van der Waals surface area contributed by atoms with Crippen molar-refractivity contribution >= 4 is 51.2 Å². The molecule has 0 bridgehead atoms. The van der Waals surface area contributed by atoms with Crippen LogP contribution in [-0.4, -0.2) is 11.9 Å². The Hall–Kier alpha value is -0.400. The monoisotopic (exact) mass is 391 g/mol. The molecular weight excluding hydrogens is 377 g/mol. The molecule has 1 amide bonds. The molecule has 5 heteroatoms. The van der Waals surface area contributed by atoms with E-state index in [9.17, 15) is 4.79 Å². The van der Waals surface area contributed by atoms with Crippen LogP contribution in [0.3, 0.4) is 0 Å². The Morgan fingerprint density at radius 3 is 2.83 bits per heavy atom. The minimum Gasteiger partial charge on any atom is -0.349 e. The molecule has 0 saturated carbocycles. The summed E-state index contributed by atoms with van der Waals surface area (Å²) in [5, 5.41) is 4.94. The van der Waals surface area contributed by atoms with Gasteiger partial charge < -0.3 is 5.32 Å². The van der Waals surface area contributed by atoms with Gasteiger partial charge in [-0.3, -0.25) is 4.79 Å². The summed E-state index contributed by atoms with van der Waals surface area (Å²) in [6.07, 6.45) is 0.894. The van der Waals surface area contributed by atoms with Crippen LogP contribution in [0.5, 0.6) is 0 Å². The number of nitrogens with one attached hydrogen (secondary N) is 1. The Morgan fingerprint density at radius 1 is 1.50 bits per heavy atom. The van der Waals surface area contributed by atoms with Crippen molar-refractivity contribution in [3.63, 3.8) is 0 Å². The predicted molar refractivity (Wildman–Crippen MR) is 86.7 cm³/mol. The highest BCUT2D eigenvalue weighted by atomic mass is 127. The lowest BCUT2D eigenvalue weighted by atomic mass is 10.2. The van der Waals surface area contributed by atoms with Crippen molar-refractivity contribution in [1.29, 1.82) is 0 Å². The molecule has 1 N–H and O–H groups in total. The van der Waals surface area contributed by atoms with Gasteiger partial charge in [0, 0.05) is 27.6 Å². The zero-order chi connectivity index (χ0) is 13.1. The van der Waals surface area contributed by atoms with Gasteiger partial charge in [-0.25, -0.2) is 0 Å². The number of aryl methyl sites for hydroxylation is 1. The van der Waals surface area contributed by atoms with Gasteiger partial charge in [0.25, 0.3) is 5.91 Å². The third kappa shape index (κ3) is 3.80. The average Bonchev–Trinajstić information content (AvgIpc) is 2.87. The largest absolute Gasteiger partial charge is 0.349 e. The molecule has 2 aromatic rings. The summed E-state index contributed by atoms with van der Waals surface area (Å²) in [5.41, 5.74) is 0.763. The normalized spacial score (nSPS) is 12.4. The molecule has 1 atom stereocenters. The standard InChI is InChI=1S/C13H14INOS2/c1-8(5-11-4-3-9(2)18-11)15-13(16)10-6-12(14)17-7-10/h3-4,6-8H,5H2,1-2H3,(H,15,16). The summed E-state index contributed by atoms with van der Waals surface area (Å²) < 4.78 is 1.14. The number of rotatable bonds is 4. The summed E-state index contributed by atoms with van der Waals surface area (Å²) in [5.74, 6) is 0.0231. The van der Waals surface area contributed by atoms with Crippen molar-refractivity contribution in [3.8, 4) is 0 Å². The number of carbonyl (C=O) groups excluding carboxylic acids is 1. The lowest BCUT2D eigenvalue weighted by Gasteiger charge is -2.12. The van der Waals surface area contributed by atoms with Gasteiger partial charge in [-0.1, -0.05) is 0 Å². The molecule has 0 aliphatic heterocycles. The maximum atomic E-state index is 12.0. The number of hydrogen-bond donors (Lipinski definition) is 1. The molecule has 2 rings (SSSR count). The van der Waals surface area contributed by atoms with E-state index < -0.39 is 0 Å². The van der Waals surface area contributed by atoms with E-state index in [1.807, 2.05) is 18.4 Å². The molecule has 1 unspecified atom stereocenters. The van der Waals surface area contributed by atoms with Gasteiger partial charge in [-0.15, -0.1) is 22.7 Å². The molecule has 2 aromatic heterocycles. The van der Waals surface area contributed by atoms with Gasteiger partial charge in [0.05, 0.1) is 8.45 Å². The van der Waals surface area contributed by atoms with Crippen molar-refractivity contribution in [2.24, 2.45) is 0 Å². The van der Waals surface area contributed by atoms with Gasteiger partial charge in [0.2, 0.25) is 0 Å². The lowest BCUT2D eigenvalue weighted by molar-refractivity contribution is 0.0940. The molecular formula is C13H14INOS2. The Labute approximate surface area is 129 Å². The Balaban J connectivity index is 1.91. The van der Waals surface area contributed by atoms with Gasteiger partial charge in [0.1, 0.15) is 0 Å². The van der Waals surface area contributed by atoms with E-state index in [1.165, 1.54) is 9.75 Å². The SMILES string of the molecule is Cc1ccc(CC(C)NC(=O)c2csc(I)c2)s1. The molecule has 0 saturated heterocycles. The zero-order valence-corrected chi connectivity index (χ0v) is 14.0. The minimum atomic E-state index is 0.0231. The summed E-state index contributed by atoms with van der Waals surface area (Å²) >= 11 is 5.62. The number of hydrogen-bond acceptors (Lipinski definition) is 3. The highest BCUT2D eigenvalue weighted by Crippen LogP contribution is 2.18. The van der Waals surface area contributed by atoms with E-state index in [0.29, 0.717) is 0 Å². The smallest absolute Gasteiger partial charge is 0.252 e. The van der Waals surface area contributed by atoms with E-state index in [2.05, 4.69) is 47.0 Å². The van der Waals surface area contributed by atoms with Crippen LogP contribution in [0, 0.1) is 9.81 Å². The molecule has 0 aromatic carbocycles. The highest BCUT2D eigenvalue weighted by molar-refractivity contribution is 14.1. The van der Waals surface area contributed by atoms with Crippen LogP contribution >= 0.6 is 45.3 Å². The van der Waals surface area contributed by atoms with Crippen LogP contribution in [0.4, 0.5) is 0 Å². The predicted octanol–water partition coefficient (Wildman–Crippen LogP) is 4.08. The van der Waals surface area contributed by atoms with Crippen LogP contribution in [0.1, 0.15) is 27.0 Å². The molecule has 0 fully saturated rings. The number of amides is 1. The third-order valence-corrected chi connectivity index (χ3v) is 5.32. The van der Waals surface area contributed by atoms with Crippen molar-refractivity contribution in [2.45, 2.75) is 26.3 Å². The second-order valence-electron chi connectivity index (χ2n) is 4.23. The van der Waals surface area contributed by atoms with E-state index in [4.69, 9.17) is 0 Å². The molecule has 96 valence electrons. The molecule has 18 heavy (non-hydrogen) atoms. The Morgan fingerprint density at radius 2 is 2.28 bits per heavy atom. The molecule has 2 nitrogen and oxygen atoms in total. The van der Waals surface area contributed by atoms with Crippen LogP contribution < -0.4 is 5.32 Å². The number of halogens is 1. The zero-order valence-electron chi connectivity index (χ0n) is 10.2. The van der Waals surface area contributed by atoms with Crippen molar-refractivity contribution in [3.05, 3.63) is 41.8 Å². The van der Waals surface area contributed by atoms with E-state index in [1.54, 1.807) is 22.7 Å². The minimum absolute atomic E-state index is 0.0231. The first kappa shape index (κ1) is 14.0. The molecule has 0 aliphatic rings. The summed E-state index contributed by atoms with van der Waals surface area (Å²) in [4.78, 5) is 14.6. The first-order valence-electron chi connectivity index (χ1n) is 5.65. The van der Waals surface area contributed by atoms with Crippen LogP contribution in [-0.2, 0) is 6.42 Å². The maximum Gasteiger partial charge on any atom is 0.252 e. The lowest BCUT2D eigenvalue weighted by Crippen LogP contribution is -2.33. The quantitative estimate of drug-likeness (QED) is 0.782. The highest BCUT2D eigenvalue weighted by Gasteiger charge is 2.12. The van der Waals surface area contributed by atoms with Crippen LogP contribution in [0.15, 0.2) is 23.6 Å². The summed E-state index contributed by atoms with van der Waals surface area (Å²) in [7, 11) is 0. The topological polar surface area (TPSA) is 29.1 Å². The Bertz CT molecular complexity index is 547. The summed E-state index contributed by atoms with van der Waals surface area (Å²) in [6, 6.07) is 6.34. The van der Waals surface area contributed by atoms with Crippen molar-refractivity contribution < 1.29 is 4.79 Å². The fourth-order valence-electron chi connectivity index (χ4n) is 1.68. The van der Waals surface area contributed by atoms with Crippen LogP contribution in [0.2, 0.25) is 0 Å². The van der Waals surface area contributed by atoms with Gasteiger partial charge in [-0.05, 0) is 54.6 Å². The van der Waals surface area contributed by atoms with Crippen molar-refractivity contribution in [1.82, 2.24) is 5.32 Å². The van der Waals surface area contributed by atoms with E-state index >= 15 is 0 Å². The molecule has 0 spiro atoms. The van der Waals surface area contributed by atoms with Crippen molar-refractivity contribution in [2.75, 3.05) is 0 Å². The fourth-order valence-corrected chi connectivity index (χ4v) is 4.03. The second-order valence-corrected chi connectivity index (χ2v) is 8.41. The molecule has 0 radical (unpaired) electrons. The van der Waals surface area contributed by atoms with E-state index in [0.717, 1.165) is 14.9 Å². The first-order chi connectivity index (χ1) is 8.54. The fraction of sp³-hybridized carbons (Fsp3) is 0.308. The van der Waals surface area contributed by atoms with Gasteiger partial charge in [0.15, 0.2) is 0 Å². The molecule has 2 heterocycles. The first-order valence-corrected chi connectivity index (χ1v) is 8.42. The molecule has 0 aliphatic carbocycles. The third-order valence-electron chi connectivity index (χ3n) is 2.51. The van der Waals surface area contributed by atoms with Gasteiger partial charge >= 0.3 is 0 Å². The Kier molecular flexibility index (Phi) is 4.80. The number of carbonyl (C=O) groups is 1.